The topological polar surface area (TPSA) is 43.1 Å². The van der Waals surface area contributed by atoms with Crippen molar-refractivity contribution >= 4 is 5.65 Å². The molecule has 0 radical (unpaired) electrons. The summed E-state index contributed by atoms with van der Waals surface area (Å²) in [7, 11) is 0. The molecule has 0 bridgehead atoms. The molecule has 0 atom stereocenters. The van der Waals surface area contributed by atoms with Gasteiger partial charge in [0.25, 0.3) is 0 Å². The second-order valence-corrected chi connectivity index (χ2v) is 6.08. The van der Waals surface area contributed by atoms with Crippen LogP contribution in [0.25, 0.3) is 16.9 Å². The summed E-state index contributed by atoms with van der Waals surface area (Å²) in [6.45, 7) is 8.44. The van der Waals surface area contributed by atoms with E-state index in [9.17, 15) is 0 Å². The molecule has 0 saturated heterocycles. The molecule has 0 aliphatic rings. The molecular weight excluding hydrogens is 248 g/mol. The Kier molecular flexibility index (Phi) is 2.82. The lowest BCUT2D eigenvalue weighted by Gasteiger charge is -2.21. The van der Waals surface area contributed by atoms with Crippen molar-refractivity contribution in [1.29, 1.82) is 0 Å². The molecule has 0 amide bonds. The van der Waals surface area contributed by atoms with Gasteiger partial charge in [0, 0.05) is 16.5 Å². The summed E-state index contributed by atoms with van der Waals surface area (Å²) in [4.78, 5) is 0. The number of rotatable bonds is 1. The number of hydrogen-bond acceptors (Lipinski definition) is 3. The Balaban J connectivity index is 2.41. The van der Waals surface area contributed by atoms with Crippen LogP contribution in [0.15, 0.2) is 36.5 Å². The maximum Gasteiger partial charge on any atom is 0.180 e. The second-order valence-electron chi connectivity index (χ2n) is 6.08. The van der Waals surface area contributed by atoms with Crippen molar-refractivity contribution in [2.45, 2.75) is 33.1 Å². The molecule has 102 valence electrons. The zero-order chi connectivity index (χ0) is 14.3. The van der Waals surface area contributed by atoms with Gasteiger partial charge in [0.1, 0.15) is 0 Å². The maximum atomic E-state index is 4.48. The standard InChI is InChI=1S/C16H18N4/c1-11-10-17-20-13(12-8-6-5-7-9-12)14(16(2,3)4)18-19-15(11)20/h5-10H,1-4H3. The molecule has 4 nitrogen and oxygen atoms in total. The number of benzene rings is 1. The van der Waals surface area contributed by atoms with E-state index in [4.69, 9.17) is 0 Å². The highest BCUT2D eigenvalue weighted by Gasteiger charge is 2.24. The molecule has 4 heteroatoms. The molecule has 0 aliphatic carbocycles. The Hall–Kier alpha value is -2.23. The molecular formula is C16H18N4. The molecule has 1 aromatic carbocycles. The van der Waals surface area contributed by atoms with E-state index in [0.29, 0.717) is 0 Å². The normalized spacial score (nSPS) is 12.0. The Labute approximate surface area is 118 Å². The first-order chi connectivity index (χ1) is 9.48. The zero-order valence-corrected chi connectivity index (χ0v) is 12.3. The number of hydrogen-bond donors (Lipinski definition) is 0. The van der Waals surface area contributed by atoms with Crippen LogP contribution < -0.4 is 0 Å². The molecule has 20 heavy (non-hydrogen) atoms. The molecule has 0 saturated carbocycles. The average Bonchev–Trinajstić information content (AvgIpc) is 2.80. The summed E-state index contributed by atoms with van der Waals surface area (Å²) in [6.07, 6.45) is 1.84. The van der Waals surface area contributed by atoms with Crippen molar-refractivity contribution in [2.24, 2.45) is 0 Å². The SMILES string of the molecule is Cc1cnn2c(-c3ccccc3)c(C(C)(C)C)nnc12. The van der Waals surface area contributed by atoms with Crippen molar-refractivity contribution in [3.63, 3.8) is 0 Å². The van der Waals surface area contributed by atoms with Crippen molar-refractivity contribution in [3.8, 4) is 11.3 Å². The Morgan fingerprint density at radius 2 is 1.70 bits per heavy atom. The highest BCUT2D eigenvalue weighted by atomic mass is 15.3. The van der Waals surface area contributed by atoms with Gasteiger partial charge in [0.15, 0.2) is 5.65 Å². The van der Waals surface area contributed by atoms with E-state index < -0.39 is 0 Å². The Morgan fingerprint density at radius 1 is 1.00 bits per heavy atom. The molecule has 0 spiro atoms. The molecule has 2 aromatic heterocycles. The minimum atomic E-state index is -0.0911. The van der Waals surface area contributed by atoms with E-state index in [1.165, 1.54) is 0 Å². The van der Waals surface area contributed by atoms with Gasteiger partial charge in [0.05, 0.1) is 17.6 Å². The van der Waals surface area contributed by atoms with Gasteiger partial charge in [-0.2, -0.15) is 10.2 Å². The van der Waals surface area contributed by atoms with Crippen LogP contribution in [0.1, 0.15) is 32.0 Å². The predicted octanol–water partition coefficient (Wildman–Crippen LogP) is 3.40. The van der Waals surface area contributed by atoms with Gasteiger partial charge in [-0.15, -0.1) is 5.10 Å². The van der Waals surface area contributed by atoms with Gasteiger partial charge in [-0.3, -0.25) is 0 Å². The van der Waals surface area contributed by atoms with E-state index in [2.05, 4.69) is 48.2 Å². The van der Waals surface area contributed by atoms with Gasteiger partial charge >= 0.3 is 0 Å². The van der Waals surface area contributed by atoms with Crippen LogP contribution in [-0.2, 0) is 5.41 Å². The van der Waals surface area contributed by atoms with Crippen molar-refractivity contribution in [1.82, 2.24) is 19.8 Å². The van der Waals surface area contributed by atoms with Crippen LogP contribution in [0.3, 0.4) is 0 Å². The van der Waals surface area contributed by atoms with Crippen LogP contribution in [0.4, 0.5) is 0 Å². The molecule has 3 rings (SSSR count). The molecule has 0 aliphatic heterocycles. The van der Waals surface area contributed by atoms with Crippen LogP contribution in [0.2, 0.25) is 0 Å². The van der Waals surface area contributed by atoms with Crippen LogP contribution in [-0.4, -0.2) is 19.8 Å². The number of aryl methyl sites for hydroxylation is 1. The minimum absolute atomic E-state index is 0.0911. The van der Waals surface area contributed by atoms with Crippen molar-refractivity contribution in [3.05, 3.63) is 47.8 Å². The van der Waals surface area contributed by atoms with E-state index in [-0.39, 0.29) is 5.41 Å². The van der Waals surface area contributed by atoms with E-state index >= 15 is 0 Å². The maximum absolute atomic E-state index is 4.48. The third kappa shape index (κ3) is 1.97. The predicted molar refractivity (Wildman–Crippen MR) is 79.7 cm³/mol. The summed E-state index contributed by atoms with van der Waals surface area (Å²) in [5, 5.41) is 13.3. The quantitative estimate of drug-likeness (QED) is 0.678. The monoisotopic (exact) mass is 266 g/mol. The van der Waals surface area contributed by atoms with Crippen molar-refractivity contribution < 1.29 is 0 Å². The first kappa shape index (κ1) is 12.8. The summed E-state index contributed by atoms with van der Waals surface area (Å²) in [5.41, 5.74) is 4.86. The molecule has 0 unspecified atom stereocenters. The minimum Gasteiger partial charge on any atom is -0.211 e. The van der Waals surface area contributed by atoms with Gasteiger partial charge in [-0.25, -0.2) is 4.52 Å². The van der Waals surface area contributed by atoms with Crippen LogP contribution in [0.5, 0.6) is 0 Å². The highest BCUT2D eigenvalue weighted by Crippen LogP contribution is 2.31. The molecule has 0 fully saturated rings. The van der Waals surface area contributed by atoms with Gasteiger partial charge in [-0.1, -0.05) is 51.1 Å². The average molecular weight is 266 g/mol. The summed E-state index contributed by atoms with van der Waals surface area (Å²) >= 11 is 0. The number of aromatic nitrogens is 4. The molecule has 3 aromatic rings. The molecule has 0 N–H and O–H groups in total. The fourth-order valence-corrected chi connectivity index (χ4v) is 2.31. The van der Waals surface area contributed by atoms with Gasteiger partial charge < -0.3 is 0 Å². The van der Waals surface area contributed by atoms with Gasteiger partial charge in [-0.05, 0) is 6.92 Å². The number of fused-ring (bicyclic) bond motifs is 1. The Morgan fingerprint density at radius 3 is 2.35 bits per heavy atom. The zero-order valence-electron chi connectivity index (χ0n) is 12.3. The highest BCUT2D eigenvalue weighted by molar-refractivity contribution is 5.66. The van der Waals surface area contributed by atoms with Crippen LogP contribution >= 0.6 is 0 Å². The fourth-order valence-electron chi connectivity index (χ4n) is 2.31. The Bertz CT molecular complexity index is 751. The summed E-state index contributed by atoms with van der Waals surface area (Å²) < 4.78 is 1.90. The smallest absolute Gasteiger partial charge is 0.180 e. The number of nitrogens with zero attached hydrogens (tertiary/aromatic N) is 4. The lowest BCUT2D eigenvalue weighted by atomic mass is 9.88. The van der Waals surface area contributed by atoms with E-state index in [1.54, 1.807) is 0 Å². The lowest BCUT2D eigenvalue weighted by molar-refractivity contribution is 0.554. The molecule has 2 heterocycles. The van der Waals surface area contributed by atoms with Crippen LogP contribution in [0, 0.1) is 6.92 Å². The first-order valence-corrected chi connectivity index (χ1v) is 6.75. The fraction of sp³-hybridized carbons (Fsp3) is 0.312. The lowest BCUT2D eigenvalue weighted by Crippen LogP contribution is -2.19. The first-order valence-electron chi connectivity index (χ1n) is 6.75. The summed E-state index contributed by atoms with van der Waals surface area (Å²) in [5.74, 6) is 0. The second kappa shape index (κ2) is 4.40. The van der Waals surface area contributed by atoms with Gasteiger partial charge in [0.2, 0.25) is 0 Å². The largest absolute Gasteiger partial charge is 0.211 e. The summed E-state index contributed by atoms with van der Waals surface area (Å²) in [6, 6.07) is 10.3. The van der Waals surface area contributed by atoms with E-state index in [0.717, 1.165) is 28.2 Å². The van der Waals surface area contributed by atoms with E-state index in [1.807, 2.05) is 35.8 Å². The third-order valence-corrected chi connectivity index (χ3v) is 3.36. The third-order valence-electron chi connectivity index (χ3n) is 3.36. The van der Waals surface area contributed by atoms with Crippen molar-refractivity contribution in [2.75, 3.05) is 0 Å².